The van der Waals surface area contributed by atoms with E-state index in [1.807, 2.05) is 43.3 Å². The Bertz CT molecular complexity index is 880. The quantitative estimate of drug-likeness (QED) is 0.707. The fraction of sp³-hybridized carbons (Fsp3) is 0.167. The first kappa shape index (κ1) is 17.2. The highest BCUT2D eigenvalue weighted by molar-refractivity contribution is 9.10. The molecule has 3 rings (SSSR count). The highest BCUT2D eigenvalue weighted by Gasteiger charge is 2.19. The van der Waals surface area contributed by atoms with Crippen molar-refractivity contribution in [2.45, 2.75) is 20.0 Å². The molecule has 7 heteroatoms. The topological polar surface area (TPSA) is 69.0 Å². The van der Waals surface area contributed by atoms with Gasteiger partial charge in [-0.25, -0.2) is 4.68 Å². The zero-order valence-electron chi connectivity index (χ0n) is 13.8. The number of rotatable bonds is 5. The number of amides is 1. The highest BCUT2D eigenvalue weighted by atomic mass is 79.9. The average molecular weight is 401 g/mol. The zero-order chi connectivity index (χ0) is 17.8. The number of pyridine rings is 1. The maximum absolute atomic E-state index is 12.3. The summed E-state index contributed by atoms with van der Waals surface area (Å²) in [6.45, 7) is 3.58. The summed E-state index contributed by atoms with van der Waals surface area (Å²) in [5.74, 6) is 0.0895. The minimum Gasteiger partial charge on any atom is -0.463 e. The molecule has 2 aromatic heterocycles. The Kier molecular flexibility index (Phi) is 5.14. The summed E-state index contributed by atoms with van der Waals surface area (Å²) in [5.41, 5.74) is 2.50. The molecule has 0 unspecified atom stereocenters. The van der Waals surface area contributed by atoms with Gasteiger partial charge in [0.25, 0.3) is 5.91 Å². The summed E-state index contributed by atoms with van der Waals surface area (Å²) in [6, 6.07) is 11.5. The standard InChI is InChI=1S/C18H17BrN4O2/c1-12-8-9-20-10-16(12)21-17(24)13(2)25-18-15(19)11-23(22-18)14-6-4-3-5-7-14/h3-11,13H,1-2H3,(H,21,24)/t13-/m0/s1. The van der Waals surface area contributed by atoms with Crippen molar-refractivity contribution in [2.75, 3.05) is 5.32 Å². The van der Waals surface area contributed by atoms with Crippen LogP contribution in [0.5, 0.6) is 5.88 Å². The van der Waals surface area contributed by atoms with Gasteiger partial charge in [0.2, 0.25) is 5.88 Å². The van der Waals surface area contributed by atoms with Crippen LogP contribution in [0.1, 0.15) is 12.5 Å². The molecule has 128 valence electrons. The van der Waals surface area contributed by atoms with Gasteiger partial charge in [-0.05, 0) is 53.5 Å². The monoisotopic (exact) mass is 400 g/mol. The van der Waals surface area contributed by atoms with E-state index in [0.29, 0.717) is 16.0 Å². The summed E-state index contributed by atoms with van der Waals surface area (Å²) >= 11 is 3.42. The molecule has 0 spiro atoms. The van der Waals surface area contributed by atoms with E-state index >= 15 is 0 Å². The molecular weight excluding hydrogens is 384 g/mol. The molecule has 0 aliphatic heterocycles. The molecule has 1 amide bonds. The fourth-order valence-corrected chi connectivity index (χ4v) is 2.55. The van der Waals surface area contributed by atoms with Crippen molar-refractivity contribution >= 4 is 27.5 Å². The summed E-state index contributed by atoms with van der Waals surface area (Å²) in [5, 5.41) is 7.19. The van der Waals surface area contributed by atoms with Crippen LogP contribution in [0.15, 0.2) is 59.5 Å². The predicted octanol–water partition coefficient (Wildman–Crippen LogP) is 3.74. The van der Waals surface area contributed by atoms with Gasteiger partial charge in [-0.15, -0.1) is 5.10 Å². The summed E-state index contributed by atoms with van der Waals surface area (Å²) < 4.78 is 8.07. The van der Waals surface area contributed by atoms with E-state index in [4.69, 9.17) is 4.74 Å². The van der Waals surface area contributed by atoms with E-state index in [2.05, 4.69) is 31.3 Å². The fourth-order valence-electron chi connectivity index (χ4n) is 2.18. The Morgan fingerprint density at radius 2 is 2.04 bits per heavy atom. The third kappa shape index (κ3) is 4.06. The largest absolute Gasteiger partial charge is 0.463 e. The molecule has 0 aliphatic carbocycles. The number of nitrogens with zero attached hydrogens (tertiary/aromatic N) is 3. The molecule has 3 aromatic rings. The number of halogens is 1. The number of aryl methyl sites for hydroxylation is 1. The number of para-hydroxylation sites is 1. The number of aromatic nitrogens is 3. The van der Waals surface area contributed by atoms with Crippen molar-refractivity contribution in [3.05, 3.63) is 65.0 Å². The third-order valence-corrected chi connectivity index (χ3v) is 4.16. The molecule has 0 saturated carbocycles. The number of anilines is 1. The molecule has 1 N–H and O–H groups in total. The molecule has 0 aliphatic rings. The maximum Gasteiger partial charge on any atom is 0.265 e. The van der Waals surface area contributed by atoms with Crippen LogP contribution in [0.3, 0.4) is 0 Å². The lowest BCUT2D eigenvalue weighted by atomic mass is 10.2. The van der Waals surface area contributed by atoms with E-state index in [-0.39, 0.29) is 5.91 Å². The Morgan fingerprint density at radius 3 is 2.76 bits per heavy atom. The Hall–Kier alpha value is -2.67. The van der Waals surface area contributed by atoms with Crippen LogP contribution in [-0.4, -0.2) is 26.8 Å². The molecular formula is C18H17BrN4O2. The number of carbonyl (C=O) groups is 1. The highest BCUT2D eigenvalue weighted by Crippen LogP contribution is 2.25. The van der Waals surface area contributed by atoms with E-state index < -0.39 is 6.10 Å². The van der Waals surface area contributed by atoms with Crippen LogP contribution in [0, 0.1) is 6.92 Å². The normalized spacial score (nSPS) is 11.8. The maximum atomic E-state index is 12.3. The number of hydrogen-bond donors (Lipinski definition) is 1. The molecule has 1 atom stereocenters. The first-order valence-electron chi connectivity index (χ1n) is 7.73. The van der Waals surface area contributed by atoms with Gasteiger partial charge in [0.1, 0.15) is 0 Å². The number of carbonyl (C=O) groups excluding carboxylic acids is 1. The predicted molar refractivity (Wildman–Crippen MR) is 99.0 cm³/mol. The number of ether oxygens (including phenoxy) is 1. The van der Waals surface area contributed by atoms with Crippen molar-refractivity contribution in [3.63, 3.8) is 0 Å². The zero-order valence-corrected chi connectivity index (χ0v) is 15.4. The smallest absolute Gasteiger partial charge is 0.265 e. The third-order valence-electron chi connectivity index (χ3n) is 3.61. The second kappa shape index (κ2) is 7.48. The number of nitrogens with one attached hydrogen (secondary N) is 1. The van der Waals surface area contributed by atoms with E-state index in [1.54, 1.807) is 30.2 Å². The first-order valence-corrected chi connectivity index (χ1v) is 8.52. The van der Waals surface area contributed by atoms with Crippen LogP contribution in [0.25, 0.3) is 5.69 Å². The molecule has 0 fully saturated rings. The lowest BCUT2D eigenvalue weighted by molar-refractivity contribution is -0.122. The van der Waals surface area contributed by atoms with Crippen LogP contribution >= 0.6 is 15.9 Å². The van der Waals surface area contributed by atoms with Gasteiger partial charge < -0.3 is 10.1 Å². The minimum atomic E-state index is -0.713. The molecule has 2 heterocycles. The SMILES string of the molecule is Cc1ccncc1NC(=O)[C@H](C)Oc1nn(-c2ccccc2)cc1Br. The van der Waals surface area contributed by atoms with Gasteiger partial charge in [-0.3, -0.25) is 9.78 Å². The number of hydrogen-bond acceptors (Lipinski definition) is 4. The molecule has 0 bridgehead atoms. The Morgan fingerprint density at radius 1 is 1.28 bits per heavy atom. The van der Waals surface area contributed by atoms with Gasteiger partial charge in [-0.2, -0.15) is 0 Å². The second-order valence-corrected chi connectivity index (χ2v) is 6.36. The number of benzene rings is 1. The van der Waals surface area contributed by atoms with Gasteiger partial charge in [0.15, 0.2) is 6.10 Å². The van der Waals surface area contributed by atoms with E-state index in [0.717, 1.165) is 11.3 Å². The molecule has 6 nitrogen and oxygen atoms in total. The van der Waals surface area contributed by atoms with Gasteiger partial charge in [-0.1, -0.05) is 18.2 Å². The van der Waals surface area contributed by atoms with E-state index in [1.165, 1.54) is 0 Å². The minimum absolute atomic E-state index is 0.266. The summed E-state index contributed by atoms with van der Waals surface area (Å²) in [4.78, 5) is 16.4. The van der Waals surface area contributed by atoms with E-state index in [9.17, 15) is 4.79 Å². The Balaban J connectivity index is 1.71. The van der Waals surface area contributed by atoms with Crippen molar-refractivity contribution in [3.8, 4) is 11.6 Å². The van der Waals surface area contributed by atoms with Crippen molar-refractivity contribution in [1.82, 2.24) is 14.8 Å². The first-order chi connectivity index (χ1) is 12.0. The van der Waals surface area contributed by atoms with Gasteiger partial charge in [0, 0.05) is 12.4 Å². The molecule has 25 heavy (non-hydrogen) atoms. The van der Waals surface area contributed by atoms with Crippen molar-refractivity contribution in [2.24, 2.45) is 0 Å². The molecule has 1 aromatic carbocycles. The van der Waals surface area contributed by atoms with Crippen LogP contribution in [-0.2, 0) is 4.79 Å². The summed E-state index contributed by atoms with van der Waals surface area (Å²) in [6.07, 6.45) is 4.37. The molecule has 0 radical (unpaired) electrons. The van der Waals surface area contributed by atoms with Gasteiger partial charge >= 0.3 is 0 Å². The lowest BCUT2D eigenvalue weighted by Gasteiger charge is -2.14. The van der Waals surface area contributed by atoms with Crippen molar-refractivity contribution < 1.29 is 9.53 Å². The molecule has 0 saturated heterocycles. The van der Waals surface area contributed by atoms with Crippen molar-refractivity contribution in [1.29, 1.82) is 0 Å². The average Bonchev–Trinajstić information content (AvgIpc) is 2.98. The van der Waals surface area contributed by atoms with Crippen LogP contribution < -0.4 is 10.1 Å². The summed E-state index contributed by atoms with van der Waals surface area (Å²) in [7, 11) is 0. The Labute approximate surface area is 154 Å². The lowest BCUT2D eigenvalue weighted by Crippen LogP contribution is -2.30. The second-order valence-electron chi connectivity index (χ2n) is 5.50. The van der Waals surface area contributed by atoms with Gasteiger partial charge in [0.05, 0.1) is 22.0 Å². The van der Waals surface area contributed by atoms with Crippen LogP contribution in [0.2, 0.25) is 0 Å². The van der Waals surface area contributed by atoms with Crippen LogP contribution in [0.4, 0.5) is 5.69 Å².